The first kappa shape index (κ1) is 23.0. The molecular weight excluding hydrogens is 434 g/mol. The number of benzene rings is 2. The van der Waals surface area contributed by atoms with E-state index in [0.717, 1.165) is 34.4 Å². The van der Waals surface area contributed by atoms with E-state index in [0.29, 0.717) is 32.6 Å². The zero-order valence-electron chi connectivity index (χ0n) is 19.1. The number of carbonyl (C=O) groups is 2. The van der Waals surface area contributed by atoms with Gasteiger partial charge < -0.3 is 9.80 Å². The number of carbonyl (C=O) groups excluding carboxylic acids is 2. The number of rotatable bonds is 7. The summed E-state index contributed by atoms with van der Waals surface area (Å²) in [6, 6.07) is 18.4. The van der Waals surface area contributed by atoms with Crippen molar-refractivity contribution < 1.29 is 9.59 Å². The van der Waals surface area contributed by atoms with Gasteiger partial charge in [-0.15, -0.1) is 10.2 Å². The van der Waals surface area contributed by atoms with Gasteiger partial charge in [-0.2, -0.15) is 0 Å². The first-order chi connectivity index (χ1) is 16.0. The van der Waals surface area contributed by atoms with E-state index in [4.69, 9.17) is 0 Å². The summed E-state index contributed by atoms with van der Waals surface area (Å²) >= 11 is 1.62. The lowest BCUT2D eigenvalue weighted by atomic mass is 10.1. The van der Waals surface area contributed by atoms with Crippen LogP contribution < -0.4 is 0 Å². The van der Waals surface area contributed by atoms with Crippen molar-refractivity contribution in [2.24, 2.45) is 0 Å². The predicted molar refractivity (Wildman–Crippen MR) is 130 cm³/mol. The maximum atomic E-state index is 12.6. The molecule has 4 rings (SSSR count). The van der Waals surface area contributed by atoms with Gasteiger partial charge in [-0.1, -0.05) is 59.8 Å². The molecule has 0 radical (unpaired) electrons. The Kier molecular flexibility index (Phi) is 7.44. The number of nitrogens with zero attached hydrogens (tertiary/aromatic N) is 5. The van der Waals surface area contributed by atoms with Crippen molar-refractivity contribution in [3.05, 3.63) is 60.2 Å². The van der Waals surface area contributed by atoms with E-state index in [1.807, 2.05) is 23.1 Å². The third-order valence-corrected chi connectivity index (χ3v) is 6.82. The van der Waals surface area contributed by atoms with Crippen molar-refractivity contribution in [3.8, 4) is 17.1 Å². The lowest BCUT2D eigenvalue weighted by Gasteiger charge is -2.34. The summed E-state index contributed by atoms with van der Waals surface area (Å²) in [7, 11) is 0. The lowest BCUT2D eigenvalue weighted by Crippen LogP contribution is -2.50. The molecule has 2 aromatic carbocycles. The lowest BCUT2D eigenvalue weighted by molar-refractivity contribution is -0.138. The van der Waals surface area contributed by atoms with Gasteiger partial charge in [0, 0.05) is 56.5 Å². The van der Waals surface area contributed by atoms with Crippen LogP contribution in [0.15, 0.2) is 59.8 Å². The molecule has 8 heteroatoms. The second-order valence-corrected chi connectivity index (χ2v) is 9.24. The van der Waals surface area contributed by atoms with Crippen molar-refractivity contribution in [3.63, 3.8) is 0 Å². The molecule has 0 unspecified atom stereocenters. The maximum absolute atomic E-state index is 12.6. The highest BCUT2D eigenvalue weighted by Gasteiger charge is 2.22. The highest BCUT2D eigenvalue weighted by Crippen LogP contribution is 2.28. The minimum absolute atomic E-state index is 0.0750. The number of aromatic nitrogens is 3. The Morgan fingerprint density at radius 3 is 2.24 bits per heavy atom. The summed E-state index contributed by atoms with van der Waals surface area (Å²) in [4.78, 5) is 27.7. The minimum atomic E-state index is 0.0750. The number of amides is 2. The van der Waals surface area contributed by atoms with Crippen molar-refractivity contribution in [2.75, 3.05) is 31.9 Å². The van der Waals surface area contributed by atoms with Crippen LogP contribution in [0.25, 0.3) is 17.1 Å². The van der Waals surface area contributed by atoms with Crippen LogP contribution in [-0.4, -0.2) is 68.3 Å². The van der Waals surface area contributed by atoms with Crippen molar-refractivity contribution in [1.82, 2.24) is 24.6 Å². The molecule has 0 saturated carbocycles. The Morgan fingerprint density at radius 1 is 0.909 bits per heavy atom. The molecule has 1 saturated heterocycles. The molecular formula is C25H29N5O2S. The Bertz CT molecular complexity index is 1090. The van der Waals surface area contributed by atoms with Crippen LogP contribution in [0.5, 0.6) is 0 Å². The Balaban J connectivity index is 1.39. The molecule has 2 amide bonds. The van der Waals surface area contributed by atoms with Gasteiger partial charge in [0.2, 0.25) is 11.8 Å². The highest BCUT2D eigenvalue weighted by atomic mass is 32.2. The van der Waals surface area contributed by atoms with Crippen LogP contribution in [0.2, 0.25) is 0 Å². The topological polar surface area (TPSA) is 71.3 Å². The second-order valence-electron chi connectivity index (χ2n) is 8.18. The van der Waals surface area contributed by atoms with Crippen LogP contribution in [0.4, 0.5) is 0 Å². The number of hydrogen-bond donors (Lipinski definition) is 0. The SMILES string of the molecule is CC(=O)N1CCN(C(=O)CCCSc2nnc(-c3ccc(C)cc3)n2-c2ccccc2)CC1. The quantitative estimate of drug-likeness (QED) is 0.394. The first-order valence-electron chi connectivity index (χ1n) is 11.3. The molecule has 0 atom stereocenters. The number of hydrogen-bond acceptors (Lipinski definition) is 5. The summed E-state index contributed by atoms with van der Waals surface area (Å²) in [5, 5.41) is 9.77. The number of para-hydroxylation sites is 1. The Hall–Kier alpha value is -3.13. The van der Waals surface area contributed by atoms with Crippen LogP contribution >= 0.6 is 11.8 Å². The van der Waals surface area contributed by atoms with Gasteiger partial charge in [0.1, 0.15) is 0 Å². The fourth-order valence-electron chi connectivity index (χ4n) is 3.88. The van der Waals surface area contributed by atoms with Crippen LogP contribution in [-0.2, 0) is 9.59 Å². The van der Waals surface area contributed by atoms with Crippen molar-refractivity contribution in [2.45, 2.75) is 31.8 Å². The van der Waals surface area contributed by atoms with E-state index in [1.165, 1.54) is 5.56 Å². The van der Waals surface area contributed by atoms with Crippen molar-refractivity contribution in [1.29, 1.82) is 0 Å². The fourth-order valence-corrected chi connectivity index (χ4v) is 4.77. The van der Waals surface area contributed by atoms with Gasteiger partial charge in [0.05, 0.1) is 0 Å². The van der Waals surface area contributed by atoms with E-state index in [9.17, 15) is 9.59 Å². The molecule has 7 nitrogen and oxygen atoms in total. The van der Waals surface area contributed by atoms with Crippen LogP contribution in [0.3, 0.4) is 0 Å². The van der Waals surface area contributed by atoms with E-state index in [1.54, 1.807) is 23.6 Å². The van der Waals surface area contributed by atoms with E-state index in [2.05, 4.69) is 58.1 Å². The standard InChI is InChI=1S/C25H29N5O2S/c1-19-10-12-21(13-11-19)24-26-27-25(30(24)22-7-4-3-5-8-22)33-18-6-9-23(32)29-16-14-28(15-17-29)20(2)31/h3-5,7-8,10-13H,6,9,14-18H2,1-2H3. The van der Waals surface area contributed by atoms with Gasteiger partial charge in [-0.3, -0.25) is 14.2 Å². The maximum Gasteiger partial charge on any atom is 0.222 e. The number of thioether (sulfide) groups is 1. The third-order valence-electron chi connectivity index (χ3n) is 5.80. The molecule has 172 valence electrons. The van der Waals surface area contributed by atoms with E-state index < -0.39 is 0 Å². The van der Waals surface area contributed by atoms with Gasteiger partial charge >= 0.3 is 0 Å². The first-order valence-corrected chi connectivity index (χ1v) is 12.3. The smallest absolute Gasteiger partial charge is 0.222 e. The van der Waals surface area contributed by atoms with Crippen LogP contribution in [0.1, 0.15) is 25.3 Å². The minimum Gasteiger partial charge on any atom is -0.339 e. The molecule has 2 heterocycles. The Morgan fingerprint density at radius 2 is 1.58 bits per heavy atom. The molecule has 1 aliphatic heterocycles. The zero-order chi connectivity index (χ0) is 23.2. The summed E-state index contributed by atoms with van der Waals surface area (Å²) in [5.41, 5.74) is 3.23. The Labute approximate surface area is 198 Å². The zero-order valence-corrected chi connectivity index (χ0v) is 19.9. The van der Waals surface area contributed by atoms with Gasteiger partial charge in [0.15, 0.2) is 11.0 Å². The molecule has 3 aromatic rings. The average molecular weight is 464 g/mol. The normalized spacial score (nSPS) is 13.9. The fraction of sp³-hybridized carbons (Fsp3) is 0.360. The van der Waals surface area contributed by atoms with E-state index in [-0.39, 0.29) is 11.8 Å². The molecule has 0 N–H and O–H groups in total. The molecule has 0 bridgehead atoms. The van der Waals surface area contributed by atoms with Crippen molar-refractivity contribution >= 4 is 23.6 Å². The summed E-state index contributed by atoms with van der Waals surface area (Å²) in [6.07, 6.45) is 1.26. The number of piperazine rings is 1. The largest absolute Gasteiger partial charge is 0.339 e. The second kappa shape index (κ2) is 10.7. The van der Waals surface area contributed by atoms with E-state index >= 15 is 0 Å². The van der Waals surface area contributed by atoms with Gasteiger partial charge in [-0.05, 0) is 25.5 Å². The highest BCUT2D eigenvalue weighted by molar-refractivity contribution is 7.99. The molecule has 1 aromatic heterocycles. The molecule has 33 heavy (non-hydrogen) atoms. The summed E-state index contributed by atoms with van der Waals surface area (Å²) < 4.78 is 2.08. The third kappa shape index (κ3) is 5.63. The molecule has 0 aliphatic carbocycles. The molecule has 1 aliphatic rings. The summed E-state index contributed by atoms with van der Waals surface area (Å²) in [6.45, 7) is 6.13. The predicted octanol–water partition coefficient (Wildman–Crippen LogP) is 3.81. The average Bonchev–Trinajstić information content (AvgIpc) is 3.26. The summed E-state index contributed by atoms with van der Waals surface area (Å²) in [5.74, 6) is 1.82. The number of aryl methyl sites for hydroxylation is 1. The monoisotopic (exact) mass is 463 g/mol. The van der Waals surface area contributed by atoms with Crippen LogP contribution in [0, 0.1) is 6.92 Å². The molecule has 0 spiro atoms. The van der Waals surface area contributed by atoms with Gasteiger partial charge in [-0.25, -0.2) is 0 Å². The molecule has 1 fully saturated rings. The van der Waals surface area contributed by atoms with Gasteiger partial charge in [0.25, 0.3) is 0 Å².